The van der Waals surface area contributed by atoms with E-state index >= 15 is 0 Å². The fourth-order valence-corrected chi connectivity index (χ4v) is 1.54. The molecule has 1 N–H and O–H groups in total. The van der Waals surface area contributed by atoms with Crippen molar-refractivity contribution in [1.29, 1.82) is 0 Å². The maximum atomic E-state index is 10.5. The van der Waals surface area contributed by atoms with Crippen LogP contribution in [0.15, 0.2) is 0 Å². The lowest BCUT2D eigenvalue weighted by molar-refractivity contribution is 0.295. The Morgan fingerprint density at radius 1 is 1.55 bits per heavy atom. The zero-order valence-electron chi connectivity index (χ0n) is 5.72. The van der Waals surface area contributed by atoms with E-state index in [1.54, 1.807) is 0 Å². The van der Waals surface area contributed by atoms with Crippen molar-refractivity contribution in [2.24, 2.45) is 0 Å². The van der Waals surface area contributed by atoms with Crippen LogP contribution >= 0.6 is 0 Å². The molecule has 0 amide bonds. The molecule has 0 aromatic carbocycles. The summed E-state index contributed by atoms with van der Waals surface area (Å²) >= 11 is -2.57. The van der Waals surface area contributed by atoms with Gasteiger partial charge in [0.25, 0.3) is 10.1 Å². The van der Waals surface area contributed by atoms with Crippen molar-refractivity contribution in [3.63, 3.8) is 0 Å². The fraction of sp³-hybridized carbons (Fsp3) is 1.00. The lowest BCUT2D eigenvalue weighted by Gasteiger charge is -1.99. The van der Waals surface area contributed by atoms with Crippen LogP contribution in [0, 0.1) is 0 Å². The van der Waals surface area contributed by atoms with E-state index in [4.69, 9.17) is 4.55 Å². The third kappa shape index (κ3) is 6.38. The molecule has 0 heterocycles. The minimum Gasteiger partial charge on any atom is -0.284 e. The summed E-state index contributed by atoms with van der Waals surface area (Å²) in [5.41, 5.74) is 0. The van der Waals surface area contributed by atoms with Crippen LogP contribution in [0.25, 0.3) is 0 Å². The van der Waals surface area contributed by atoms with Gasteiger partial charge >= 0.3 is 11.4 Å². The van der Waals surface area contributed by atoms with Gasteiger partial charge in [-0.2, -0.15) is 12.6 Å². The molecule has 1 atom stereocenters. The molecule has 0 saturated carbocycles. The maximum Gasteiger partial charge on any atom is 0.303 e. The third-order valence-corrected chi connectivity index (χ3v) is 2.06. The van der Waals surface area contributed by atoms with Crippen LogP contribution in [-0.2, 0) is 29.8 Å². The first kappa shape index (κ1) is 11.0. The molecule has 1 unspecified atom stereocenters. The van der Waals surface area contributed by atoms with Gasteiger partial charge in [0.1, 0.15) is 0 Å². The van der Waals surface area contributed by atoms with Gasteiger partial charge in [0.2, 0.25) is 0 Å². The topological polar surface area (TPSA) is 89.9 Å². The highest BCUT2D eigenvalue weighted by atomic mass is 32.2. The Bertz CT molecular complexity index is 218. The summed E-state index contributed by atoms with van der Waals surface area (Å²) < 4.78 is 47.0. The molecule has 0 aromatic rings. The highest BCUT2D eigenvalue weighted by Crippen LogP contribution is 1.94. The second-order valence-corrected chi connectivity index (χ2v) is 3.67. The van der Waals surface area contributed by atoms with Crippen LogP contribution in [0.4, 0.5) is 0 Å². The number of hydrogen-bond acceptors (Lipinski definition) is 5. The summed E-state index contributed by atoms with van der Waals surface area (Å²) in [7, 11) is -3.80. The van der Waals surface area contributed by atoms with Gasteiger partial charge in [-0.15, -0.1) is 0 Å². The molecule has 0 bridgehead atoms. The zero-order valence-corrected chi connectivity index (χ0v) is 7.35. The number of rotatable bonds is 5. The van der Waals surface area contributed by atoms with Crippen molar-refractivity contribution in [2.45, 2.75) is 6.92 Å². The minimum absolute atomic E-state index is 0.0241. The predicted molar refractivity (Wildman–Crippen MR) is 37.3 cm³/mol. The summed E-state index contributed by atoms with van der Waals surface area (Å²) in [6.45, 7) is 1.46. The van der Waals surface area contributed by atoms with E-state index in [1.165, 1.54) is 6.92 Å². The van der Waals surface area contributed by atoms with Crippen molar-refractivity contribution in [3.05, 3.63) is 0 Å². The van der Waals surface area contributed by atoms with Gasteiger partial charge in [-0.1, -0.05) is 0 Å². The van der Waals surface area contributed by atoms with Crippen molar-refractivity contribution in [2.75, 3.05) is 12.5 Å². The van der Waals surface area contributed by atoms with Crippen molar-refractivity contribution in [3.8, 4) is 0 Å². The SMILES string of the molecule is CCOS(=O)(=O)COS(=O)O. The van der Waals surface area contributed by atoms with Crippen LogP contribution in [0.2, 0.25) is 0 Å². The molecule has 0 saturated heterocycles. The van der Waals surface area contributed by atoms with Crippen LogP contribution in [0.1, 0.15) is 6.92 Å². The zero-order chi connectivity index (χ0) is 8.91. The smallest absolute Gasteiger partial charge is 0.284 e. The normalized spacial score (nSPS) is 14.7. The summed E-state index contributed by atoms with van der Waals surface area (Å²) in [4.78, 5) is 0. The second-order valence-electron chi connectivity index (χ2n) is 1.42. The van der Waals surface area contributed by atoms with E-state index in [2.05, 4.69) is 8.37 Å². The lowest BCUT2D eigenvalue weighted by atomic mass is 10.9. The third-order valence-electron chi connectivity index (χ3n) is 0.591. The van der Waals surface area contributed by atoms with Crippen molar-refractivity contribution in [1.82, 2.24) is 0 Å². The Morgan fingerprint density at radius 2 is 2.09 bits per heavy atom. The standard InChI is InChI=1S/C3H8O6S2/c1-2-9-11(6,7)3-8-10(4)5/h2-3H2,1H3,(H,4,5). The van der Waals surface area contributed by atoms with E-state index in [1.807, 2.05) is 0 Å². The highest BCUT2D eigenvalue weighted by molar-refractivity contribution is 7.87. The Kier molecular flexibility index (Phi) is 4.77. The van der Waals surface area contributed by atoms with Crippen LogP contribution in [-0.4, -0.2) is 29.7 Å². The maximum absolute atomic E-state index is 10.5. The molecule has 0 spiro atoms. The fourth-order valence-electron chi connectivity index (χ4n) is 0.314. The quantitative estimate of drug-likeness (QED) is 0.478. The summed E-state index contributed by atoms with van der Waals surface area (Å²) in [6, 6.07) is 0. The van der Waals surface area contributed by atoms with Gasteiger partial charge in [0.05, 0.1) is 6.61 Å². The highest BCUT2D eigenvalue weighted by Gasteiger charge is 2.11. The summed E-state index contributed by atoms with van der Waals surface area (Å²) in [6.07, 6.45) is 0. The van der Waals surface area contributed by atoms with Gasteiger partial charge in [0.15, 0.2) is 5.94 Å². The van der Waals surface area contributed by atoms with Gasteiger partial charge in [0, 0.05) is 0 Å². The van der Waals surface area contributed by atoms with Gasteiger partial charge in [-0.25, -0.2) is 4.18 Å². The average molecular weight is 204 g/mol. The first-order valence-corrected chi connectivity index (χ1v) is 5.20. The predicted octanol–water partition coefficient (Wildman–Crippen LogP) is -0.536. The first-order chi connectivity index (χ1) is 4.98. The average Bonchev–Trinajstić information content (AvgIpc) is 1.84. The monoisotopic (exact) mass is 204 g/mol. The molecule has 0 aliphatic heterocycles. The Morgan fingerprint density at radius 3 is 2.45 bits per heavy atom. The van der Waals surface area contributed by atoms with E-state index in [0.29, 0.717) is 0 Å². The molecule has 8 heteroatoms. The molecule has 0 aromatic heterocycles. The van der Waals surface area contributed by atoms with Crippen LogP contribution in [0.3, 0.4) is 0 Å². The van der Waals surface area contributed by atoms with Crippen LogP contribution in [0.5, 0.6) is 0 Å². The molecular formula is C3H8O6S2. The molecule has 0 aliphatic rings. The Hall–Kier alpha value is -0.0200. The lowest BCUT2D eigenvalue weighted by Crippen LogP contribution is -2.13. The molecule has 0 aliphatic carbocycles. The van der Waals surface area contributed by atoms with E-state index in [9.17, 15) is 12.6 Å². The largest absolute Gasteiger partial charge is 0.303 e. The second kappa shape index (κ2) is 4.78. The molecule has 0 fully saturated rings. The van der Waals surface area contributed by atoms with E-state index in [0.717, 1.165) is 0 Å². The minimum atomic E-state index is -3.80. The van der Waals surface area contributed by atoms with E-state index in [-0.39, 0.29) is 6.61 Å². The molecule has 0 rings (SSSR count). The molecule has 68 valence electrons. The van der Waals surface area contributed by atoms with E-state index < -0.39 is 27.4 Å². The van der Waals surface area contributed by atoms with Crippen molar-refractivity contribution >= 4 is 21.5 Å². The molecule has 6 nitrogen and oxygen atoms in total. The summed E-state index contributed by atoms with van der Waals surface area (Å²) in [5, 5.41) is 0. The molecule has 0 radical (unpaired) electrons. The first-order valence-electron chi connectivity index (χ1n) is 2.59. The number of hydrogen-bond donors (Lipinski definition) is 1. The molecular weight excluding hydrogens is 196 g/mol. The molecule has 11 heavy (non-hydrogen) atoms. The van der Waals surface area contributed by atoms with Gasteiger partial charge < -0.3 is 0 Å². The van der Waals surface area contributed by atoms with Gasteiger partial charge in [-0.3, -0.25) is 8.74 Å². The van der Waals surface area contributed by atoms with Crippen LogP contribution < -0.4 is 0 Å². The van der Waals surface area contributed by atoms with Crippen molar-refractivity contribution < 1.29 is 25.5 Å². The summed E-state index contributed by atoms with van der Waals surface area (Å²) in [5.74, 6) is -0.913. The Labute approximate surface area is 67.1 Å². The van der Waals surface area contributed by atoms with Gasteiger partial charge in [-0.05, 0) is 6.92 Å². The Balaban J connectivity index is 3.84.